The molecule has 2 aromatic rings. The van der Waals surface area contributed by atoms with Crippen molar-refractivity contribution >= 4 is 5.91 Å². The second-order valence-corrected chi connectivity index (χ2v) is 6.05. The molecule has 1 N–H and O–H groups in total. The van der Waals surface area contributed by atoms with Gasteiger partial charge in [-0.25, -0.2) is 0 Å². The molecule has 0 radical (unpaired) electrons. The Morgan fingerprint density at radius 2 is 2.21 bits per heavy atom. The Morgan fingerprint density at radius 1 is 1.38 bits per heavy atom. The number of benzene rings is 1. The molecule has 1 aromatic carbocycles. The Balaban J connectivity index is 1.44. The van der Waals surface area contributed by atoms with Crippen LogP contribution in [0.3, 0.4) is 0 Å². The summed E-state index contributed by atoms with van der Waals surface area (Å²) in [6.07, 6.45) is 1.91. The highest BCUT2D eigenvalue weighted by molar-refractivity contribution is 5.76. The van der Waals surface area contributed by atoms with Crippen LogP contribution in [0, 0.1) is 0 Å². The van der Waals surface area contributed by atoms with Crippen molar-refractivity contribution in [3.8, 4) is 0 Å². The van der Waals surface area contributed by atoms with Gasteiger partial charge in [0.05, 0.1) is 25.7 Å². The average molecular weight is 329 g/mol. The van der Waals surface area contributed by atoms with Gasteiger partial charge in [-0.1, -0.05) is 30.3 Å². The third-order valence-corrected chi connectivity index (χ3v) is 4.13. The Morgan fingerprint density at radius 3 is 2.96 bits per heavy atom. The summed E-state index contributed by atoms with van der Waals surface area (Å²) in [6, 6.07) is 10.4. The maximum Gasteiger partial charge on any atom is 0.223 e. The highest BCUT2D eigenvalue weighted by Gasteiger charge is 2.23. The van der Waals surface area contributed by atoms with Gasteiger partial charge < -0.3 is 14.6 Å². The summed E-state index contributed by atoms with van der Waals surface area (Å²) >= 11 is 0. The van der Waals surface area contributed by atoms with E-state index in [1.807, 2.05) is 25.2 Å². The normalized spacial score (nSPS) is 18.5. The molecule has 3 rings (SSSR count). The van der Waals surface area contributed by atoms with Gasteiger partial charge in [-0.2, -0.15) is 0 Å². The lowest BCUT2D eigenvalue weighted by Crippen LogP contribution is -2.44. The van der Waals surface area contributed by atoms with Crippen LogP contribution in [-0.2, 0) is 29.7 Å². The SMILES string of the molecule is Cn1cnnc1CNC(=O)C[C@H]1CN(Cc2ccccc2)CCO1. The molecule has 7 nitrogen and oxygen atoms in total. The molecule has 1 aliphatic rings. The van der Waals surface area contributed by atoms with Crippen molar-refractivity contribution in [2.45, 2.75) is 25.6 Å². The van der Waals surface area contributed by atoms with Crippen molar-refractivity contribution in [2.24, 2.45) is 7.05 Å². The molecule has 0 aliphatic carbocycles. The summed E-state index contributed by atoms with van der Waals surface area (Å²) in [5.41, 5.74) is 1.28. The molecule has 1 atom stereocenters. The third-order valence-electron chi connectivity index (χ3n) is 4.13. The quantitative estimate of drug-likeness (QED) is 0.845. The molecule has 128 valence electrons. The Bertz CT molecular complexity index is 658. The first-order valence-corrected chi connectivity index (χ1v) is 8.18. The minimum Gasteiger partial charge on any atom is -0.375 e. The fourth-order valence-corrected chi connectivity index (χ4v) is 2.81. The second kappa shape index (κ2) is 8.03. The number of aromatic nitrogens is 3. The first-order chi connectivity index (χ1) is 11.7. The van der Waals surface area contributed by atoms with Crippen molar-refractivity contribution in [3.63, 3.8) is 0 Å². The van der Waals surface area contributed by atoms with Crippen molar-refractivity contribution in [1.82, 2.24) is 25.0 Å². The average Bonchev–Trinajstić information content (AvgIpc) is 2.99. The number of amides is 1. The van der Waals surface area contributed by atoms with Crippen molar-refractivity contribution in [1.29, 1.82) is 0 Å². The topological polar surface area (TPSA) is 72.3 Å². The van der Waals surface area contributed by atoms with Crippen LogP contribution in [0.25, 0.3) is 0 Å². The zero-order chi connectivity index (χ0) is 16.8. The number of rotatable bonds is 6. The Hall–Kier alpha value is -2.25. The van der Waals surface area contributed by atoms with Crippen molar-refractivity contribution in [3.05, 3.63) is 48.0 Å². The van der Waals surface area contributed by atoms with Crippen LogP contribution in [0.1, 0.15) is 17.8 Å². The third kappa shape index (κ3) is 4.62. The minimum atomic E-state index is -0.0676. The highest BCUT2D eigenvalue weighted by Crippen LogP contribution is 2.12. The van der Waals surface area contributed by atoms with E-state index in [1.54, 1.807) is 10.9 Å². The van der Waals surface area contributed by atoms with Gasteiger partial charge in [0.25, 0.3) is 0 Å². The smallest absolute Gasteiger partial charge is 0.223 e. The highest BCUT2D eigenvalue weighted by atomic mass is 16.5. The minimum absolute atomic E-state index is 0.0236. The van der Waals surface area contributed by atoms with Gasteiger partial charge >= 0.3 is 0 Å². The lowest BCUT2D eigenvalue weighted by molar-refractivity contribution is -0.126. The van der Waals surface area contributed by atoms with Gasteiger partial charge in [0, 0.05) is 26.7 Å². The zero-order valence-corrected chi connectivity index (χ0v) is 13.9. The molecule has 2 heterocycles. The van der Waals surface area contributed by atoms with E-state index in [0.29, 0.717) is 19.6 Å². The van der Waals surface area contributed by atoms with E-state index in [4.69, 9.17) is 4.74 Å². The van der Waals surface area contributed by atoms with Crippen LogP contribution in [0.4, 0.5) is 0 Å². The monoisotopic (exact) mass is 329 g/mol. The maximum absolute atomic E-state index is 12.1. The van der Waals surface area contributed by atoms with Crippen LogP contribution in [-0.4, -0.2) is 51.4 Å². The predicted molar refractivity (Wildman–Crippen MR) is 88.9 cm³/mol. The molecule has 1 aromatic heterocycles. The number of carbonyl (C=O) groups is 1. The van der Waals surface area contributed by atoms with Crippen LogP contribution in [0.5, 0.6) is 0 Å². The first-order valence-electron chi connectivity index (χ1n) is 8.18. The first kappa shape index (κ1) is 16.6. The number of ether oxygens (including phenoxy) is 1. The van der Waals surface area contributed by atoms with E-state index in [9.17, 15) is 4.79 Å². The van der Waals surface area contributed by atoms with Gasteiger partial charge in [0.1, 0.15) is 6.33 Å². The number of carbonyl (C=O) groups excluding carboxylic acids is 1. The summed E-state index contributed by atoms with van der Waals surface area (Å²) < 4.78 is 7.53. The number of hydrogen-bond acceptors (Lipinski definition) is 5. The molecule has 0 saturated carbocycles. The predicted octanol–water partition coefficient (Wildman–Crippen LogP) is 0.722. The molecule has 1 aliphatic heterocycles. The summed E-state index contributed by atoms with van der Waals surface area (Å²) in [5, 5.41) is 10.6. The van der Waals surface area contributed by atoms with E-state index in [-0.39, 0.29) is 12.0 Å². The van der Waals surface area contributed by atoms with E-state index >= 15 is 0 Å². The fourth-order valence-electron chi connectivity index (χ4n) is 2.81. The maximum atomic E-state index is 12.1. The summed E-state index contributed by atoms with van der Waals surface area (Å²) in [5.74, 6) is 0.711. The van der Waals surface area contributed by atoms with Gasteiger partial charge in [0.15, 0.2) is 5.82 Å². The number of hydrogen-bond donors (Lipinski definition) is 1. The molecule has 0 unspecified atom stereocenters. The lowest BCUT2D eigenvalue weighted by Gasteiger charge is -2.32. The zero-order valence-electron chi connectivity index (χ0n) is 13.9. The Kier molecular flexibility index (Phi) is 5.55. The van der Waals surface area contributed by atoms with E-state index in [1.165, 1.54) is 5.56 Å². The molecular weight excluding hydrogens is 306 g/mol. The molecule has 1 amide bonds. The number of nitrogens with zero attached hydrogens (tertiary/aromatic N) is 4. The number of aryl methyl sites for hydroxylation is 1. The van der Waals surface area contributed by atoms with E-state index in [2.05, 4.69) is 32.5 Å². The summed E-state index contributed by atoms with van der Waals surface area (Å²) in [4.78, 5) is 14.4. The summed E-state index contributed by atoms with van der Waals surface area (Å²) in [6.45, 7) is 3.60. The standard InChI is InChI=1S/C17H23N5O2/c1-21-13-19-20-16(21)10-18-17(23)9-15-12-22(7-8-24-15)11-14-5-3-2-4-6-14/h2-6,13,15H,7-12H2,1H3,(H,18,23)/t15-/m0/s1. The molecular formula is C17H23N5O2. The van der Waals surface area contributed by atoms with Crippen LogP contribution in [0.2, 0.25) is 0 Å². The van der Waals surface area contributed by atoms with Crippen molar-refractivity contribution in [2.75, 3.05) is 19.7 Å². The van der Waals surface area contributed by atoms with E-state index < -0.39 is 0 Å². The Labute approximate surface area is 141 Å². The van der Waals surface area contributed by atoms with Crippen LogP contribution < -0.4 is 5.32 Å². The largest absolute Gasteiger partial charge is 0.375 e. The molecule has 1 saturated heterocycles. The number of nitrogens with one attached hydrogen (secondary N) is 1. The van der Waals surface area contributed by atoms with E-state index in [0.717, 1.165) is 25.5 Å². The summed E-state index contributed by atoms with van der Waals surface area (Å²) in [7, 11) is 1.85. The second-order valence-electron chi connectivity index (χ2n) is 6.05. The van der Waals surface area contributed by atoms with Crippen LogP contribution >= 0.6 is 0 Å². The molecule has 24 heavy (non-hydrogen) atoms. The van der Waals surface area contributed by atoms with Gasteiger partial charge in [0.2, 0.25) is 5.91 Å². The number of morpholine rings is 1. The van der Waals surface area contributed by atoms with Gasteiger partial charge in [-0.05, 0) is 5.56 Å². The van der Waals surface area contributed by atoms with Gasteiger partial charge in [-0.3, -0.25) is 9.69 Å². The van der Waals surface area contributed by atoms with Crippen molar-refractivity contribution < 1.29 is 9.53 Å². The lowest BCUT2D eigenvalue weighted by atomic mass is 10.1. The van der Waals surface area contributed by atoms with Gasteiger partial charge in [-0.15, -0.1) is 10.2 Å². The molecule has 0 spiro atoms. The molecule has 0 bridgehead atoms. The van der Waals surface area contributed by atoms with Crippen LogP contribution in [0.15, 0.2) is 36.7 Å². The molecule has 1 fully saturated rings. The fraction of sp³-hybridized carbons (Fsp3) is 0.471. The molecule has 7 heteroatoms.